The Morgan fingerprint density at radius 1 is 1.30 bits per heavy atom. The molecule has 126 valence electrons. The van der Waals surface area contributed by atoms with E-state index in [1.54, 1.807) is 12.1 Å². The molecule has 0 saturated carbocycles. The largest absolute Gasteiger partial charge is 0.481 e. The van der Waals surface area contributed by atoms with Gasteiger partial charge in [0.1, 0.15) is 0 Å². The van der Waals surface area contributed by atoms with Crippen molar-refractivity contribution >= 4 is 21.9 Å². The maximum absolute atomic E-state index is 13.0. The van der Waals surface area contributed by atoms with Gasteiger partial charge in [-0.15, -0.1) is 0 Å². The van der Waals surface area contributed by atoms with Crippen molar-refractivity contribution in [2.45, 2.75) is 12.7 Å². The second-order valence-corrected chi connectivity index (χ2v) is 6.44. The van der Waals surface area contributed by atoms with Crippen LogP contribution in [-0.4, -0.2) is 42.0 Å². The van der Waals surface area contributed by atoms with Crippen LogP contribution in [0.25, 0.3) is 0 Å². The second-order valence-electron chi connectivity index (χ2n) is 5.58. The molecule has 2 aliphatic rings. The van der Waals surface area contributed by atoms with Crippen LogP contribution in [0.2, 0.25) is 0 Å². The zero-order chi connectivity index (χ0) is 16.8. The molecule has 9 heteroatoms. The highest BCUT2D eigenvalue weighted by Gasteiger charge is 2.52. The molecule has 1 aromatic rings. The third kappa shape index (κ3) is 3.25. The van der Waals surface area contributed by atoms with Gasteiger partial charge in [-0.25, -0.2) is 0 Å². The fraction of sp³-hybridized carbons (Fsp3) is 0.500. The number of benzene rings is 1. The lowest BCUT2D eigenvalue weighted by Gasteiger charge is -2.19. The Morgan fingerprint density at radius 2 is 1.96 bits per heavy atom. The van der Waals surface area contributed by atoms with Crippen molar-refractivity contribution in [3.63, 3.8) is 0 Å². The van der Waals surface area contributed by atoms with Crippen LogP contribution in [0, 0.1) is 11.8 Å². The monoisotopic (exact) mass is 395 g/mol. The Morgan fingerprint density at radius 3 is 2.52 bits per heavy atom. The smallest absolute Gasteiger partial charge is 0.393 e. The molecule has 5 nitrogen and oxygen atoms in total. The predicted octanol–water partition coefficient (Wildman–Crippen LogP) is 2.87. The van der Waals surface area contributed by atoms with Gasteiger partial charge < -0.3 is 14.6 Å². The molecule has 1 saturated heterocycles. The van der Waals surface area contributed by atoms with Crippen molar-refractivity contribution in [3.8, 4) is 11.5 Å². The van der Waals surface area contributed by atoms with Crippen LogP contribution in [0.5, 0.6) is 11.5 Å². The Balaban J connectivity index is 1.78. The SMILES string of the molecule is O=C(O)[C@@H]1CN(Cc2cc3c(cc2Br)OCO3)C[C@H]1C(F)(F)F. The Bertz CT molecular complexity index is 637. The summed E-state index contributed by atoms with van der Waals surface area (Å²) in [7, 11) is 0. The number of hydrogen-bond donors (Lipinski definition) is 1. The molecule has 3 rings (SSSR count). The number of fused-ring (bicyclic) bond motifs is 1. The zero-order valence-corrected chi connectivity index (χ0v) is 13.4. The molecule has 0 aliphatic carbocycles. The van der Waals surface area contributed by atoms with Gasteiger partial charge in [0.05, 0.1) is 11.8 Å². The summed E-state index contributed by atoms with van der Waals surface area (Å²) in [6, 6.07) is 3.40. The van der Waals surface area contributed by atoms with Crippen molar-refractivity contribution in [1.82, 2.24) is 4.90 Å². The fourth-order valence-electron chi connectivity index (χ4n) is 2.92. The summed E-state index contributed by atoms with van der Waals surface area (Å²) in [6.07, 6.45) is -4.52. The van der Waals surface area contributed by atoms with Gasteiger partial charge in [-0.1, -0.05) is 15.9 Å². The number of halogens is 4. The van der Waals surface area contributed by atoms with Gasteiger partial charge in [0, 0.05) is 24.1 Å². The Hall–Kier alpha value is -1.48. The van der Waals surface area contributed by atoms with Crippen molar-refractivity contribution in [2.24, 2.45) is 11.8 Å². The number of carboxylic acids is 1. The average molecular weight is 396 g/mol. The molecule has 0 aromatic heterocycles. The highest BCUT2D eigenvalue weighted by molar-refractivity contribution is 9.10. The van der Waals surface area contributed by atoms with Gasteiger partial charge in [-0.2, -0.15) is 13.2 Å². The van der Waals surface area contributed by atoms with Crippen molar-refractivity contribution < 1.29 is 32.5 Å². The quantitative estimate of drug-likeness (QED) is 0.852. The van der Waals surface area contributed by atoms with E-state index >= 15 is 0 Å². The topological polar surface area (TPSA) is 59.0 Å². The standard InChI is InChI=1S/C14H13BrF3NO4/c15-10-2-12-11(22-6-23-12)1-7(10)3-19-4-8(13(20)21)9(5-19)14(16,17)18/h1-2,8-9H,3-6H2,(H,20,21)/t8-,9-/m1/s1. The van der Waals surface area contributed by atoms with E-state index in [9.17, 15) is 18.0 Å². The molecule has 1 aromatic carbocycles. The molecule has 0 amide bonds. The van der Waals surface area contributed by atoms with E-state index in [0.717, 1.165) is 5.56 Å². The van der Waals surface area contributed by atoms with Gasteiger partial charge >= 0.3 is 12.1 Å². The van der Waals surface area contributed by atoms with Crippen LogP contribution in [0.3, 0.4) is 0 Å². The average Bonchev–Trinajstić information content (AvgIpc) is 3.05. The highest BCUT2D eigenvalue weighted by atomic mass is 79.9. The molecule has 0 unspecified atom stereocenters. The Labute approximate surface area is 138 Å². The van der Waals surface area contributed by atoms with Crippen LogP contribution in [0.4, 0.5) is 13.2 Å². The van der Waals surface area contributed by atoms with Crippen LogP contribution in [0.15, 0.2) is 16.6 Å². The number of likely N-dealkylation sites (tertiary alicyclic amines) is 1. The van der Waals surface area contributed by atoms with E-state index < -0.39 is 24.0 Å². The number of nitrogens with zero attached hydrogens (tertiary/aromatic N) is 1. The third-order valence-corrected chi connectivity index (χ3v) is 4.81. The molecule has 0 bridgehead atoms. The minimum Gasteiger partial charge on any atom is -0.481 e. The number of rotatable bonds is 3. The van der Waals surface area contributed by atoms with Crippen LogP contribution in [-0.2, 0) is 11.3 Å². The van der Waals surface area contributed by atoms with Gasteiger partial charge in [0.25, 0.3) is 0 Å². The molecule has 2 atom stereocenters. The lowest BCUT2D eigenvalue weighted by molar-refractivity contribution is -0.188. The van der Waals surface area contributed by atoms with E-state index in [1.807, 2.05) is 0 Å². The highest BCUT2D eigenvalue weighted by Crippen LogP contribution is 2.40. The summed E-state index contributed by atoms with van der Waals surface area (Å²) in [6.45, 7) is -0.165. The van der Waals surface area contributed by atoms with E-state index in [0.29, 0.717) is 16.0 Å². The van der Waals surface area contributed by atoms with Crippen molar-refractivity contribution in [1.29, 1.82) is 0 Å². The van der Waals surface area contributed by atoms with Gasteiger partial charge in [0.2, 0.25) is 6.79 Å². The van der Waals surface area contributed by atoms with Gasteiger partial charge in [-0.05, 0) is 17.7 Å². The van der Waals surface area contributed by atoms with E-state index in [-0.39, 0.29) is 26.4 Å². The lowest BCUT2D eigenvalue weighted by atomic mass is 9.96. The summed E-state index contributed by atoms with van der Waals surface area (Å²) in [5, 5.41) is 9.04. The van der Waals surface area contributed by atoms with Gasteiger partial charge in [-0.3, -0.25) is 9.69 Å². The molecular formula is C14H13BrF3NO4. The first kappa shape index (κ1) is 16.4. The molecule has 2 heterocycles. The predicted molar refractivity (Wildman–Crippen MR) is 76.2 cm³/mol. The van der Waals surface area contributed by atoms with E-state index in [2.05, 4.69) is 15.9 Å². The number of ether oxygens (including phenoxy) is 2. The third-order valence-electron chi connectivity index (χ3n) is 4.07. The van der Waals surface area contributed by atoms with Crippen LogP contribution >= 0.6 is 15.9 Å². The number of aliphatic carboxylic acids is 1. The normalized spacial score (nSPS) is 24.2. The molecule has 1 fully saturated rings. The lowest BCUT2D eigenvalue weighted by Crippen LogP contribution is -2.33. The van der Waals surface area contributed by atoms with Crippen molar-refractivity contribution in [2.75, 3.05) is 19.9 Å². The second kappa shape index (κ2) is 5.86. The number of alkyl halides is 3. The fourth-order valence-corrected chi connectivity index (χ4v) is 3.37. The van der Waals surface area contributed by atoms with Gasteiger partial charge in [0.15, 0.2) is 11.5 Å². The maximum Gasteiger partial charge on any atom is 0.393 e. The van der Waals surface area contributed by atoms with Crippen LogP contribution < -0.4 is 9.47 Å². The molecule has 1 N–H and O–H groups in total. The zero-order valence-electron chi connectivity index (χ0n) is 11.8. The van der Waals surface area contributed by atoms with E-state index in [1.165, 1.54) is 4.90 Å². The first-order chi connectivity index (χ1) is 10.8. The number of carboxylic acid groups (broad SMARTS) is 1. The Kier molecular flexibility index (Phi) is 4.18. The maximum atomic E-state index is 13.0. The first-order valence-corrected chi connectivity index (χ1v) is 7.65. The first-order valence-electron chi connectivity index (χ1n) is 6.85. The number of hydrogen-bond acceptors (Lipinski definition) is 4. The summed E-state index contributed by atoms with van der Waals surface area (Å²) < 4.78 is 50.2. The van der Waals surface area contributed by atoms with Crippen LogP contribution in [0.1, 0.15) is 5.56 Å². The van der Waals surface area contributed by atoms with E-state index in [4.69, 9.17) is 14.6 Å². The van der Waals surface area contributed by atoms with Crippen molar-refractivity contribution in [3.05, 3.63) is 22.2 Å². The summed E-state index contributed by atoms with van der Waals surface area (Å²) in [5.74, 6) is -3.61. The summed E-state index contributed by atoms with van der Waals surface area (Å²) in [4.78, 5) is 12.6. The minimum absolute atomic E-state index is 0.103. The number of carbonyl (C=O) groups is 1. The summed E-state index contributed by atoms with van der Waals surface area (Å²) >= 11 is 3.36. The minimum atomic E-state index is -4.52. The molecular weight excluding hydrogens is 383 g/mol. The molecule has 23 heavy (non-hydrogen) atoms. The molecule has 0 radical (unpaired) electrons. The summed E-state index contributed by atoms with van der Waals surface area (Å²) in [5.41, 5.74) is 0.723. The molecule has 0 spiro atoms. The molecule has 2 aliphatic heterocycles.